The average molecular weight is 354 g/mol. The van der Waals surface area contributed by atoms with Crippen molar-refractivity contribution in [2.45, 2.75) is 19.4 Å². The van der Waals surface area contributed by atoms with Gasteiger partial charge >= 0.3 is 0 Å². The molecule has 0 fully saturated rings. The van der Waals surface area contributed by atoms with Crippen molar-refractivity contribution in [3.05, 3.63) is 66.2 Å². The van der Waals surface area contributed by atoms with Crippen molar-refractivity contribution >= 4 is 11.6 Å². The number of aliphatic hydroxyl groups is 1. The molecule has 1 unspecified atom stereocenters. The van der Waals surface area contributed by atoms with Crippen LogP contribution in [0.4, 0.5) is 5.69 Å². The first-order valence-corrected chi connectivity index (χ1v) is 9.09. The molecular formula is C21H30N4O. The number of likely N-dealkylation sites (N-methyl/N-ethyl adjacent to an activating group) is 1. The normalized spacial score (nSPS) is 13.8. The highest BCUT2D eigenvalue weighted by atomic mass is 16.3. The number of guanidine groups is 1. The minimum absolute atomic E-state index is 0.293. The molecule has 0 radical (unpaired) electrons. The van der Waals surface area contributed by atoms with Crippen LogP contribution in [0.1, 0.15) is 19.4 Å². The van der Waals surface area contributed by atoms with Crippen molar-refractivity contribution in [1.29, 1.82) is 0 Å². The number of aliphatic imine (C=N–C) groups is 1. The summed E-state index contributed by atoms with van der Waals surface area (Å²) in [6.07, 6.45) is 0. The van der Waals surface area contributed by atoms with Gasteiger partial charge in [-0.3, -0.25) is 0 Å². The summed E-state index contributed by atoms with van der Waals surface area (Å²) in [6, 6.07) is 19.9. The lowest BCUT2D eigenvalue weighted by Crippen LogP contribution is -2.42. The molecule has 2 aromatic carbocycles. The molecule has 1 atom stereocenters. The van der Waals surface area contributed by atoms with Gasteiger partial charge in [0.2, 0.25) is 0 Å². The van der Waals surface area contributed by atoms with E-state index in [9.17, 15) is 5.11 Å². The van der Waals surface area contributed by atoms with Crippen molar-refractivity contribution < 1.29 is 5.11 Å². The van der Waals surface area contributed by atoms with E-state index in [2.05, 4.69) is 39.7 Å². The lowest BCUT2D eigenvalue weighted by molar-refractivity contribution is 0.0672. The standard InChI is InChI=1S/C21H30N4O/c1-4-22-20(23-15-16-25(3)19-13-9-6-10-14-19)24-17-21(2,26)18-11-7-5-8-12-18/h5-14,26H,4,15-17H2,1-3H3,(H2,22,23,24). The first-order valence-electron chi connectivity index (χ1n) is 9.09. The summed E-state index contributed by atoms with van der Waals surface area (Å²) in [5.74, 6) is 0.713. The zero-order chi connectivity index (χ0) is 18.8. The van der Waals surface area contributed by atoms with Crippen LogP contribution >= 0.6 is 0 Å². The van der Waals surface area contributed by atoms with Crippen molar-refractivity contribution in [2.75, 3.05) is 38.1 Å². The lowest BCUT2D eigenvalue weighted by Gasteiger charge is -2.23. The van der Waals surface area contributed by atoms with Gasteiger partial charge in [-0.25, -0.2) is 4.99 Å². The SMILES string of the molecule is CCNC(=NCC(C)(O)c1ccccc1)NCCN(C)c1ccccc1. The first kappa shape index (κ1) is 19.8. The summed E-state index contributed by atoms with van der Waals surface area (Å²) in [7, 11) is 2.07. The number of hydrogen-bond donors (Lipinski definition) is 3. The fraction of sp³-hybridized carbons (Fsp3) is 0.381. The molecule has 0 saturated heterocycles. The Balaban J connectivity index is 1.90. The second-order valence-electron chi connectivity index (χ2n) is 6.52. The van der Waals surface area contributed by atoms with Crippen molar-refractivity contribution in [2.24, 2.45) is 4.99 Å². The number of benzene rings is 2. The van der Waals surface area contributed by atoms with Gasteiger partial charge in [0.1, 0.15) is 5.60 Å². The molecule has 5 heteroatoms. The Morgan fingerprint density at radius 3 is 2.27 bits per heavy atom. The second kappa shape index (κ2) is 9.82. The van der Waals surface area contributed by atoms with Gasteiger partial charge in [-0.2, -0.15) is 0 Å². The molecule has 140 valence electrons. The summed E-state index contributed by atoms with van der Waals surface area (Å²) in [4.78, 5) is 6.75. The molecular weight excluding hydrogens is 324 g/mol. The number of nitrogens with zero attached hydrogens (tertiary/aromatic N) is 2. The zero-order valence-corrected chi connectivity index (χ0v) is 15.9. The molecule has 0 bridgehead atoms. The van der Waals surface area contributed by atoms with E-state index in [-0.39, 0.29) is 0 Å². The van der Waals surface area contributed by atoms with Crippen LogP contribution in [0.15, 0.2) is 65.7 Å². The van der Waals surface area contributed by atoms with Gasteiger partial charge < -0.3 is 20.6 Å². The third kappa shape index (κ3) is 6.08. The third-order valence-electron chi connectivity index (χ3n) is 4.22. The highest BCUT2D eigenvalue weighted by Crippen LogP contribution is 2.20. The van der Waals surface area contributed by atoms with Crippen LogP contribution in [0.25, 0.3) is 0 Å². The molecule has 0 heterocycles. The second-order valence-corrected chi connectivity index (χ2v) is 6.52. The average Bonchev–Trinajstić information content (AvgIpc) is 2.67. The quantitative estimate of drug-likeness (QED) is 0.504. The van der Waals surface area contributed by atoms with Crippen LogP contribution in [0.5, 0.6) is 0 Å². The minimum Gasteiger partial charge on any atom is -0.384 e. The summed E-state index contributed by atoms with van der Waals surface area (Å²) < 4.78 is 0. The number of nitrogens with one attached hydrogen (secondary N) is 2. The predicted molar refractivity (Wildman–Crippen MR) is 110 cm³/mol. The van der Waals surface area contributed by atoms with E-state index in [1.54, 1.807) is 6.92 Å². The monoisotopic (exact) mass is 354 g/mol. The van der Waals surface area contributed by atoms with Crippen molar-refractivity contribution in [3.63, 3.8) is 0 Å². The molecule has 0 spiro atoms. The predicted octanol–water partition coefficient (Wildman–Crippen LogP) is 2.59. The zero-order valence-electron chi connectivity index (χ0n) is 15.9. The molecule has 0 aliphatic carbocycles. The smallest absolute Gasteiger partial charge is 0.191 e. The van der Waals surface area contributed by atoms with Gasteiger partial charge in [-0.15, -0.1) is 0 Å². The Hall–Kier alpha value is -2.53. The van der Waals surface area contributed by atoms with Gasteiger partial charge in [0.25, 0.3) is 0 Å². The number of anilines is 1. The molecule has 0 aliphatic heterocycles. The van der Waals surface area contributed by atoms with Gasteiger partial charge in [0.05, 0.1) is 6.54 Å². The Kier molecular flexibility index (Phi) is 7.48. The van der Waals surface area contributed by atoms with E-state index in [1.807, 2.05) is 55.5 Å². The summed E-state index contributed by atoms with van der Waals surface area (Å²) in [5, 5.41) is 17.3. The highest BCUT2D eigenvalue weighted by Gasteiger charge is 2.22. The number of para-hydroxylation sites is 1. The molecule has 0 amide bonds. The number of rotatable bonds is 8. The minimum atomic E-state index is -0.996. The molecule has 26 heavy (non-hydrogen) atoms. The van der Waals surface area contributed by atoms with Crippen LogP contribution in [0, 0.1) is 0 Å². The first-order chi connectivity index (χ1) is 12.5. The largest absolute Gasteiger partial charge is 0.384 e. The van der Waals surface area contributed by atoms with Crippen LogP contribution in [0.3, 0.4) is 0 Å². The Labute approximate surface area is 156 Å². The topological polar surface area (TPSA) is 59.9 Å². The van der Waals surface area contributed by atoms with Gasteiger partial charge in [0, 0.05) is 32.4 Å². The van der Waals surface area contributed by atoms with Gasteiger partial charge in [-0.05, 0) is 31.5 Å². The summed E-state index contributed by atoms with van der Waals surface area (Å²) in [5.41, 5.74) is 1.05. The maximum absolute atomic E-state index is 10.7. The third-order valence-corrected chi connectivity index (χ3v) is 4.22. The molecule has 0 saturated carbocycles. The molecule has 2 aromatic rings. The van der Waals surface area contributed by atoms with Crippen LogP contribution < -0.4 is 15.5 Å². The van der Waals surface area contributed by atoms with E-state index < -0.39 is 5.60 Å². The van der Waals surface area contributed by atoms with Crippen molar-refractivity contribution in [3.8, 4) is 0 Å². The summed E-state index contributed by atoms with van der Waals surface area (Å²) in [6.45, 7) is 6.49. The molecule has 5 nitrogen and oxygen atoms in total. The molecule has 0 aliphatic rings. The lowest BCUT2D eigenvalue weighted by atomic mass is 9.96. The van der Waals surface area contributed by atoms with E-state index in [4.69, 9.17) is 0 Å². The van der Waals surface area contributed by atoms with E-state index in [0.717, 1.165) is 25.2 Å². The fourth-order valence-corrected chi connectivity index (χ4v) is 2.62. The van der Waals surface area contributed by atoms with Gasteiger partial charge in [-0.1, -0.05) is 48.5 Å². The highest BCUT2D eigenvalue weighted by molar-refractivity contribution is 5.79. The fourth-order valence-electron chi connectivity index (χ4n) is 2.62. The van der Waals surface area contributed by atoms with Crippen LogP contribution in [0.2, 0.25) is 0 Å². The Bertz CT molecular complexity index is 671. The van der Waals surface area contributed by atoms with Gasteiger partial charge in [0.15, 0.2) is 5.96 Å². The van der Waals surface area contributed by atoms with E-state index in [1.165, 1.54) is 5.69 Å². The van der Waals surface area contributed by atoms with E-state index >= 15 is 0 Å². The van der Waals surface area contributed by atoms with Crippen LogP contribution in [-0.2, 0) is 5.60 Å². The van der Waals surface area contributed by atoms with Crippen molar-refractivity contribution in [1.82, 2.24) is 10.6 Å². The Morgan fingerprint density at radius 1 is 1.04 bits per heavy atom. The summed E-state index contributed by atoms with van der Waals surface area (Å²) >= 11 is 0. The molecule has 3 N–H and O–H groups in total. The maximum Gasteiger partial charge on any atom is 0.191 e. The number of hydrogen-bond acceptors (Lipinski definition) is 3. The molecule has 0 aromatic heterocycles. The van der Waals surface area contributed by atoms with E-state index in [0.29, 0.717) is 12.5 Å². The Morgan fingerprint density at radius 2 is 1.65 bits per heavy atom. The maximum atomic E-state index is 10.7. The van der Waals surface area contributed by atoms with Crippen LogP contribution in [-0.4, -0.2) is 44.3 Å². The molecule has 2 rings (SSSR count).